The zero-order valence-electron chi connectivity index (χ0n) is 11.0. The first kappa shape index (κ1) is 14.8. The van der Waals surface area contributed by atoms with Crippen LogP contribution in [0.25, 0.3) is 0 Å². The van der Waals surface area contributed by atoms with Gasteiger partial charge in [0, 0.05) is 19.6 Å². The molecular weight excluding hydrogens is 236 g/mol. The van der Waals surface area contributed by atoms with E-state index >= 15 is 0 Å². The van der Waals surface area contributed by atoms with Gasteiger partial charge in [-0.1, -0.05) is 0 Å². The summed E-state index contributed by atoms with van der Waals surface area (Å²) < 4.78 is 0. The number of rotatable bonds is 4. The molecule has 2 N–H and O–H groups in total. The smallest absolute Gasteiger partial charge is 0.320 e. The van der Waals surface area contributed by atoms with Crippen molar-refractivity contribution < 1.29 is 19.8 Å². The maximum absolute atomic E-state index is 12.2. The number of likely N-dealkylation sites (N-methyl/N-ethyl adjacent to an activating group) is 1. The molecule has 1 aliphatic rings. The van der Waals surface area contributed by atoms with Gasteiger partial charge in [0.2, 0.25) is 0 Å². The number of carbonyl (C=O) groups is 2. The van der Waals surface area contributed by atoms with Crippen molar-refractivity contribution in [1.29, 1.82) is 0 Å². The first-order valence-electron chi connectivity index (χ1n) is 6.33. The van der Waals surface area contributed by atoms with E-state index in [9.17, 15) is 9.59 Å². The second kappa shape index (κ2) is 6.58. The van der Waals surface area contributed by atoms with Gasteiger partial charge in [-0.3, -0.25) is 4.79 Å². The summed E-state index contributed by atoms with van der Waals surface area (Å²) in [5, 5.41) is 17.9. The number of hydrogen-bond donors (Lipinski definition) is 2. The molecule has 2 amide bonds. The fourth-order valence-corrected chi connectivity index (χ4v) is 2.18. The van der Waals surface area contributed by atoms with Crippen LogP contribution >= 0.6 is 0 Å². The number of aliphatic hydroxyl groups excluding tert-OH is 1. The minimum absolute atomic E-state index is 0.00686. The predicted octanol–water partition coefficient (Wildman–Crippen LogP) is 0.748. The van der Waals surface area contributed by atoms with Gasteiger partial charge in [0.05, 0.1) is 19.1 Å². The monoisotopic (exact) mass is 258 g/mol. The summed E-state index contributed by atoms with van der Waals surface area (Å²) in [5.41, 5.74) is 0. The first-order chi connectivity index (χ1) is 8.47. The van der Waals surface area contributed by atoms with Crippen LogP contribution in [0.5, 0.6) is 0 Å². The molecule has 0 spiro atoms. The largest absolute Gasteiger partial charge is 0.481 e. The molecule has 1 rings (SSSR count). The highest BCUT2D eigenvalue weighted by Gasteiger charge is 2.31. The Labute approximate surface area is 107 Å². The third-order valence-corrected chi connectivity index (χ3v) is 3.51. The Bertz CT molecular complexity index is 308. The second-order valence-electron chi connectivity index (χ2n) is 4.87. The maximum Gasteiger partial charge on any atom is 0.320 e. The number of piperidine rings is 1. The zero-order valence-corrected chi connectivity index (χ0v) is 11.0. The highest BCUT2D eigenvalue weighted by Crippen LogP contribution is 2.21. The second-order valence-corrected chi connectivity index (χ2v) is 4.87. The highest BCUT2D eigenvalue weighted by molar-refractivity contribution is 5.76. The first-order valence-corrected chi connectivity index (χ1v) is 6.33. The van der Waals surface area contributed by atoms with Crippen LogP contribution in [0.2, 0.25) is 0 Å². The van der Waals surface area contributed by atoms with E-state index in [-0.39, 0.29) is 31.1 Å². The van der Waals surface area contributed by atoms with Crippen LogP contribution in [-0.2, 0) is 4.79 Å². The summed E-state index contributed by atoms with van der Waals surface area (Å²) in [4.78, 5) is 26.1. The summed E-state index contributed by atoms with van der Waals surface area (Å²) in [6, 6.07) is -0.676. The minimum Gasteiger partial charge on any atom is -0.481 e. The molecule has 0 radical (unpaired) electrons. The van der Waals surface area contributed by atoms with Gasteiger partial charge in [0.1, 0.15) is 0 Å². The van der Waals surface area contributed by atoms with Crippen molar-refractivity contribution in [3.8, 4) is 0 Å². The number of aliphatic hydroxyl groups is 1. The predicted molar refractivity (Wildman–Crippen MR) is 66.3 cm³/mol. The van der Waals surface area contributed by atoms with Crippen molar-refractivity contribution in [2.75, 3.05) is 20.2 Å². The Hall–Kier alpha value is -1.30. The Kier molecular flexibility index (Phi) is 5.40. The minimum atomic E-state index is -0.877. The Balaban J connectivity index is 2.70. The van der Waals surface area contributed by atoms with Gasteiger partial charge in [-0.2, -0.15) is 0 Å². The van der Waals surface area contributed by atoms with Crippen molar-refractivity contribution in [3.05, 3.63) is 0 Å². The molecule has 0 bridgehead atoms. The molecule has 0 aromatic carbocycles. The van der Waals surface area contributed by atoms with E-state index in [1.165, 1.54) is 4.90 Å². The topological polar surface area (TPSA) is 81.1 Å². The standard InChI is InChI=1S/C12H22N2O4/c1-9(8-15)13(2)12(18)14-6-4-3-5-10(14)7-11(16)17/h9-10,15H,3-8H2,1-2H3,(H,16,17). The van der Waals surface area contributed by atoms with Crippen molar-refractivity contribution >= 4 is 12.0 Å². The highest BCUT2D eigenvalue weighted by atomic mass is 16.4. The van der Waals surface area contributed by atoms with E-state index in [0.717, 1.165) is 19.3 Å². The van der Waals surface area contributed by atoms with Crippen LogP contribution in [0.3, 0.4) is 0 Å². The molecule has 1 fully saturated rings. The number of nitrogens with zero attached hydrogens (tertiary/aromatic N) is 2. The lowest BCUT2D eigenvalue weighted by molar-refractivity contribution is -0.138. The molecule has 0 saturated carbocycles. The number of aliphatic carboxylic acids is 1. The lowest BCUT2D eigenvalue weighted by Crippen LogP contribution is -2.52. The van der Waals surface area contributed by atoms with Gasteiger partial charge in [-0.05, 0) is 26.2 Å². The summed E-state index contributed by atoms with van der Waals surface area (Å²) in [7, 11) is 1.63. The molecule has 2 atom stereocenters. The van der Waals surface area contributed by atoms with Crippen LogP contribution in [0.4, 0.5) is 4.79 Å². The summed E-state index contributed by atoms with van der Waals surface area (Å²) in [5.74, 6) is -0.877. The maximum atomic E-state index is 12.2. The molecule has 6 nitrogen and oxygen atoms in total. The van der Waals surface area contributed by atoms with Gasteiger partial charge < -0.3 is 20.0 Å². The van der Waals surface area contributed by atoms with E-state index in [2.05, 4.69) is 0 Å². The molecule has 2 unspecified atom stereocenters. The normalized spacial score (nSPS) is 21.5. The molecule has 6 heteroatoms. The van der Waals surface area contributed by atoms with Crippen molar-refractivity contribution in [2.24, 2.45) is 0 Å². The quantitative estimate of drug-likeness (QED) is 0.779. The van der Waals surface area contributed by atoms with E-state index in [1.54, 1.807) is 18.9 Å². The third kappa shape index (κ3) is 3.60. The number of carbonyl (C=O) groups excluding carboxylic acids is 1. The third-order valence-electron chi connectivity index (χ3n) is 3.51. The molecule has 1 aliphatic heterocycles. The molecule has 1 heterocycles. The average Bonchev–Trinajstić information content (AvgIpc) is 2.36. The fourth-order valence-electron chi connectivity index (χ4n) is 2.18. The number of urea groups is 1. The van der Waals surface area contributed by atoms with E-state index in [1.807, 2.05) is 0 Å². The van der Waals surface area contributed by atoms with E-state index in [4.69, 9.17) is 10.2 Å². The van der Waals surface area contributed by atoms with Gasteiger partial charge >= 0.3 is 12.0 Å². The van der Waals surface area contributed by atoms with Gasteiger partial charge in [-0.25, -0.2) is 4.79 Å². The summed E-state index contributed by atoms with van der Waals surface area (Å²) in [6.45, 7) is 2.26. The Morgan fingerprint density at radius 3 is 2.67 bits per heavy atom. The summed E-state index contributed by atoms with van der Waals surface area (Å²) in [6.07, 6.45) is 2.59. The van der Waals surface area contributed by atoms with Crippen molar-refractivity contribution in [3.63, 3.8) is 0 Å². The summed E-state index contributed by atoms with van der Waals surface area (Å²) >= 11 is 0. The SMILES string of the molecule is CC(CO)N(C)C(=O)N1CCCCC1CC(=O)O. The number of hydrogen-bond acceptors (Lipinski definition) is 3. The number of likely N-dealkylation sites (tertiary alicyclic amines) is 1. The molecule has 18 heavy (non-hydrogen) atoms. The van der Waals surface area contributed by atoms with Crippen molar-refractivity contribution in [1.82, 2.24) is 9.80 Å². The lowest BCUT2D eigenvalue weighted by Gasteiger charge is -2.38. The number of amides is 2. The van der Waals surface area contributed by atoms with Gasteiger partial charge in [-0.15, -0.1) is 0 Å². The van der Waals surface area contributed by atoms with Crippen LogP contribution < -0.4 is 0 Å². The molecule has 0 aliphatic carbocycles. The zero-order chi connectivity index (χ0) is 13.7. The van der Waals surface area contributed by atoms with Crippen LogP contribution in [-0.4, -0.2) is 64.3 Å². The molecule has 104 valence electrons. The van der Waals surface area contributed by atoms with Crippen molar-refractivity contribution in [2.45, 2.75) is 44.7 Å². The van der Waals surface area contributed by atoms with Gasteiger partial charge in [0.25, 0.3) is 0 Å². The number of carboxylic acid groups (broad SMARTS) is 1. The molecule has 1 saturated heterocycles. The fraction of sp³-hybridized carbons (Fsp3) is 0.833. The van der Waals surface area contributed by atoms with Crippen LogP contribution in [0, 0.1) is 0 Å². The van der Waals surface area contributed by atoms with E-state index < -0.39 is 5.97 Å². The molecular formula is C12H22N2O4. The molecule has 0 aromatic rings. The lowest BCUT2D eigenvalue weighted by atomic mass is 10.00. The van der Waals surface area contributed by atoms with E-state index in [0.29, 0.717) is 6.54 Å². The Morgan fingerprint density at radius 2 is 2.11 bits per heavy atom. The number of carboxylic acids is 1. The average molecular weight is 258 g/mol. The Morgan fingerprint density at radius 1 is 1.44 bits per heavy atom. The van der Waals surface area contributed by atoms with Gasteiger partial charge in [0.15, 0.2) is 0 Å². The molecule has 0 aromatic heterocycles. The van der Waals surface area contributed by atoms with Crippen LogP contribution in [0.1, 0.15) is 32.6 Å². The van der Waals surface area contributed by atoms with Crippen LogP contribution in [0.15, 0.2) is 0 Å².